The molecule has 2 aliphatic rings. The molecule has 2 aliphatic heterocycles. The number of carboxylic acid groups (broad SMARTS) is 1. The Bertz CT molecular complexity index is 1290. The third kappa shape index (κ3) is 5.84. The summed E-state index contributed by atoms with van der Waals surface area (Å²) in [6.45, 7) is 0. The van der Waals surface area contributed by atoms with Crippen LogP contribution >= 0.6 is 34.9 Å². The Morgan fingerprint density at radius 2 is 2.27 bits per heavy atom. The molecule has 3 amide bonds. The number of carboxylic acids is 1. The Kier molecular flexibility index (Phi) is 8.58. The number of hydrogen-bond donors (Lipinski definition) is 3. The standard InChI is InChI=1S/C22H20N6O6S3/c1-34-27-15(14-10-37-22(25-14)24-11-29)18(30)26-16-19(31)28-17(21(32)33)13(9-36-20(16)28)8-35-6-4-12-3-2-5-23-7-12/h2-7,10-11,16,20H,8-9H2,1H3,(H,26,30)(H,32,33)(H,24,25,29)/t16?,20-/m0/s1. The van der Waals surface area contributed by atoms with Gasteiger partial charge in [0.15, 0.2) is 10.8 Å². The average Bonchev–Trinajstić information content (AvgIpc) is 3.36. The first-order valence-electron chi connectivity index (χ1n) is 10.6. The zero-order chi connectivity index (χ0) is 26.4. The van der Waals surface area contributed by atoms with Crippen LogP contribution in [0.15, 0.2) is 51.7 Å². The zero-order valence-corrected chi connectivity index (χ0v) is 21.6. The van der Waals surface area contributed by atoms with Gasteiger partial charge >= 0.3 is 5.97 Å². The van der Waals surface area contributed by atoms with Crippen molar-refractivity contribution >= 4 is 76.0 Å². The van der Waals surface area contributed by atoms with Gasteiger partial charge < -0.3 is 20.6 Å². The van der Waals surface area contributed by atoms with E-state index in [1.807, 2.05) is 23.6 Å². The molecular formula is C22H20N6O6S3. The predicted molar refractivity (Wildman–Crippen MR) is 141 cm³/mol. The van der Waals surface area contributed by atoms with E-state index >= 15 is 0 Å². The number of nitrogens with zero attached hydrogens (tertiary/aromatic N) is 4. The highest BCUT2D eigenvalue weighted by molar-refractivity contribution is 8.02. The van der Waals surface area contributed by atoms with Gasteiger partial charge in [-0.2, -0.15) is 0 Å². The van der Waals surface area contributed by atoms with Crippen LogP contribution in [0.1, 0.15) is 11.3 Å². The number of hydrogen-bond acceptors (Lipinski definition) is 11. The number of carbonyl (C=O) groups excluding carboxylic acids is 3. The lowest BCUT2D eigenvalue weighted by atomic mass is 10.0. The topological polar surface area (TPSA) is 163 Å². The predicted octanol–water partition coefficient (Wildman–Crippen LogP) is 1.60. The first-order chi connectivity index (χ1) is 17.9. The van der Waals surface area contributed by atoms with E-state index < -0.39 is 29.2 Å². The minimum Gasteiger partial charge on any atom is -0.477 e. The molecule has 1 fully saturated rings. The summed E-state index contributed by atoms with van der Waals surface area (Å²) in [5.41, 5.74) is 1.44. The molecule has 0 saturated carbocycles. The number of aliphatic carboxylic acids is 1. The number of thioether (sulfide) groups is 2. The van der Waals surface area contributed by atoms with Gasteiger partial charge in [-0.1, -0.05) is 11.2 Å². The van der Waals surface area contributed by atoms with Crippen molar-refractivity contribution in [3.05, 3.63) is 57.8 Å². The molecule has 12 nitrogen and oxygen atoms in total. The van der Waals surface area contributed by atoms with Crippen LogP contribution in [-0.4, -0.2) is 79.9 Å². The molecule has 4 heterocycles. The average molecular weight is 561 g/mol. The highest BCUT2D eigenvalue weighted by Crippen LogP contribution is 2.41. The monoisotopic (exact) mass is 560 g/mol. The lowest BCUT2D eigenvalue weighted by Gasteiger charge is -2.49. The first kappa shape index (κ1) is 26.4. The van der Waals surface area contributed by atoms with Crippen LogP contribution in [0.25, 0.3) is 6.08 Å². The molecule has 3 N–H and O–H groups in total. The van der Waals surface area contributed by atoms with E-state index in [0.29, 0.717) is 23.5 Å². The quantitative estimate of drug-likeness (QED) is 0.159. The fraction of sp³-hybridized carbons (Fsp3) is 0.227. The molecular weight excluding hydrogens is 540 g/mol. The molecule has 0 spiro atoms. The number of β-lactam (4-membered cyclic amide) rings is 1. The second-order valence-corrected chi connectivity index (χ2v) is 10.3. The van der Waals surface area contributed by atoms with Crippen molar-refractivity contribution in [1.82, 2.24) is 20.2 Å². The molecule has 2 aromatic heterocycles. The largest absolute Gasteiger partial charge is 0.477 e. The SMILES string of the molecule is CON=C(C(=O)NC1C(=O)N2C(C(=O)O)=C(CSC=Cc3cccnc3)CS[C@@H]12)c1csc(NC=O)n1. The van der Waals surface area contributed by atoms with Gasteiger partial charge in [0.25, 0.3) is 11.8 Å². The van der Waals surface area contributed by atoms with E-state index in [0.717, 1.165) is 16.9 Å². The van der Waals surface area contributed by atoms with Crippen LogP contribution in [0.5, 0.6) is 0 Å². The summed E-state index contributed by atoms with van der Waals surface area (Å²) in [5, 5.41) is 21.6. The number of oxime groups is 1. The van der Waals surface area contributed by atoms with E-state index in [1.165, 1.54) is 40.9 Å². The normalized spacial score (nSPS) is 19.3. The molecule has 0 aliphatic carbocycles. The van der Waals surface area contributed by atoms with Gasteiger partial charge in [-0.3, -0.25) is 24.3 Å². The van der Waals surface area contributed by atoms with Crippen LogP contribution in [-0.2, 0) is 24.0 Å². The number of carbonyl (C=O) groups is 4. The van der Waals surface area contributed by atoms with E-state index in [4.69, 9.17) is 4.84 Å². The molecule has 192 valence electrons. The van der Waals surface area contributed by atoms with Crippen molar-refractivity contribution in [1.29, 1.82) is 0 Å². The first-order valence-corrected chi connectivity index (χ1v) is 13.6. The van der Waals surface area contributed by atoms with Gasteiger partial charge in [-0.25, -0.2) is 9.78 Å². The third-order valence-electron chi connectivity index (χ3n) is 5.16. The lowest BCUT2D eigenvalue weighted by molar-refractivity contribution is -0.150. The van der Waals surface area contributed by atoms with Crippen molar-refractivity contribution in [3.8, 4) is 0 Å². The number of amides is 3. The summed E-state index contributed by atoms with van der Waals surface area (Å²) in [4.78, 5) is 62.7. The number of anilines is 1. The maximum Gasteiger partial charge on any atom is 0.352 e. The summed E-state index contributed by atoms with van der Waals surface area (Å²) < 4.78 is 0. The molecule has 37 heavy (non-hydrogen) atoms. The summed E-state index contributed by atoms with van der Waals surface area (Å²) in [6.07, 6.45) is 5.72. The van der Waals surface area contributed by atoms with Gasteiger partial charge in [0.1, 0.15) is 29.9 Å². The fourth-order valence-corrected chi connectivity index (χ4v) is 6.47. The lowest BCUT2D eigenvalue weighted by Crippen LogP contribution is -2.71. The highest BCUT2D eigenvalue weighted by Gasteiger charge is 2.54. The van der Waals surface area contributed by atoms with Crippen molar-refractivity contribution in [2.75, 3.05) is 23.9 Å². The molecule has 0 radical (unpaired) electrons. The number of rotatable bonds is 11. The van der Waals surface area contributed by atoms with Crippen LogP contribution in [0.4, 0.5) is 5.13 Å². The highest BCUT2D eigenvalue weighted by atomic mass is 32.2. The maximum absolute atomic E-state index is 13.0. The van der Waals surface area contributed by atoms with Gasteiger partial charge in [0.2, 0.25) is 6.41 Å². The number of fused-ring (bicyclic) bond motifs is 1. The summed E-state index contributed by atoms with van der Waals surface area (Å²) >= 11 is 3.87. The maximum atomic E-state index is 13.0. The zero-order valence-electron chi connectivity index (χ0n) is 19.2. The number of thiazole rings is 1. The molecule has 0 bridgehead atoms. The smallest absolute Gasteiger partial charge is 0.352 e. The second-order valence-electron chi connectivity index (χ2n) is 7.44. The Morgan fingerprint density at radius 3 is 2.97 bits per heavy atom. The molecule has 1 saturated heterocycles. The third-order valence-corrected chi connectivity index (χ3v) is 8.12. The van der Waals surface area contributed by atoms with E-state index in [9.17, 15) is 24.3 Å². The minimum absolute atomic E-state index is 0.0589. The summed E-state index contributed by atoms with van der Waals surface area (Å²) in [7, 11) is 1.26. The Labute approximate surface area is 223 Å². The second kappa shape index (κ2) is 12.0. The number of nitrogens with one attached hydrogen (secondary N) is 2. The number of aromatic nitrogens is 2. The van der Waals surface area contributed by atoms with Gasteiger partial charge in [0, 0.05) is 29.3 Å². The van der Waals surface area contributed by atoms with Crippen LogP contribution in [0, 0.1) is 0 Å². The van der Waals surface area contributed by atoms with Crippen molar-refractivity contribution in [2.45, 2.75) is 11.4 Å². The molecule has 2 atom stereocenters. The minimum atomic E-state index is -1.20. The van der Waals surface area contributed by atoms with E-state index in [1.54, 1.807) is 12.4 Å². The number of pyridine rings is 1. The Morgan fingerprint density at radius 1 is 1.43 bits per heavy atom. The van der Waals surface area contributed by atoms with Crippen molar-refractivity contribution < 1.29 is 29.1 Å². The molecule has 0 aromatic carbocycles. The fourth-order valence-electron chi connectivity index (χ4n) is 3.55. The summed E-state index contributed by atoms with van der Waals surface area (Å²) in [5.74, 6) is -1.66. The van der Waals surface area contributed by atoms with Crippen LogP contribution in [0.3, 0.4) is 0 Å². The Balaban J connectivity index is 1.44. The molecule has 4 rings (SSSR count). The molecule has 15 heteroatoms. The van der Waals surface area contributed by atoms with Gasteiger partial charge in [-0.05, 0) is 28.7 Å². The van der Waals surface area contributed by atoms with Crippen molar-refractivity contribution in [2.24, 2.45) is 5.16 Å². The molecule has 2 aromatic rings. The molecule has 1 unspecified atom stereocenters. The van der Waals surface area contributed by atoms with E-state index in [2.05, 4.69) is 25.8 Å². The Hall–Kier alpha value is -3.69. The summed E-state index contributed by atoms with van der Waals surface area (Å²) in [6, 6.07) is 2.78. The van der Waals surface area contributed by atoms with Crippen LogP contribution < -0.4 is 10.6 Å². The van der Waals surface area contributed by atoms with Crippen molar-refractivity contribution in [3.63, 3.8) is 0 Å². The van der Waals surface area contributed by atoms with Gasteiger partial charge in [-0.15, -0.1) is 34.9 Å². The van der Waals surface area contributed by atoms with Crippen LogP contribution in [0.2, 0.25) is 0 Å². The van der Waals surface area contributed by atoms with Gasteiger partial charge in [0.05, 0.1) is 0 Å². The van der Waals surface area contributed by atoms with E-state index in [-0.39, 0.29) is 22.2 Å².